The molecule has 0 aliphatic heterocycles. The summed E-state index contributed by atoms with van der Waals surface area (Å²) in [6, 6.07) is 11.3. The van der Waals surface area contributed by atoms with Crippen LogP contribution >= 0.6 is 0 Å². The Balaban J connectivity index is 0.000000308. The van der Waals surface area contributed by atoms with Gasteiger partial charge in [-0.25, -0.2) is 9.78 Å². The maximum absolute atomic E-state index is 13.5. The van der Waals surface area contributed by atoms with Crippen molar-refractivity contribution in [3.8, 4) is 11.3 Å². The zero-order valence-corrected chi connectivity index (χ0v) is 19.2. The molecule has 0 spiro atoms. The van der Waals surface area contributed by atoms with Gasteiger partial charge in [0.1, 0.15) is 5.69 Å². The van der Waals surface area contributed by atoms with Crippen LogP contribution < -0.4 is 9.80 Å². The summed E-state index contributed by atoms with van der Waals surface area (Å²) in [4.78, 5) is 22.0. The van der Waals surface area contributed by atoms with E-state index in [1.807, 2.05) is 44.1 Å². The molecule has 3 rings (SSSR count). The summed E-state index contributed by atoms with van der Waals surface area (Å²) in [5.74, 6) is -2.30. The minimum Gasteiger partial charge on any atom is -0.477 e. The van der Waals surface area contributed by atoms with Crippen molar-refractivity contribution >= 4 is 17.3 Å². The molecule has 0 saturated carbocycles. The number of aromatic nitrogens is 2. The first-order valence-corrected chi connectivity index (χ1v) is 8.56. The van der Waals surface area contributed by atoms with E-state index in [1.54, 1.807) is 18.3 Å². The SMILES string of the molecule is CN(C)c1ccc(-c2[c-]cc(F)cc2F)nc1.CN(C)c1ccnc(C(=O)O)c1.[Ir]. The van der Waals surface area contributed by atoms with Crippen LogP contribution in [-0.4, -0.2) is 49.2 Å². The molecular weight excluding hydrogens is 570 g/mol. The van der Waals surface area contributed by atoms with Crippen molar-refractivity contribution in [1.82, 2.24) is 9.97 Å². The van der Waals surface area contributed by atoms with Crippen molar-refractivity contribution < 1.29 is 38.8 Å². The van der Waals surface area contributed by atoms with Gasteiger partial charge in [0, 0.05) is 78.0 Å². The molecule has 1 N–H and O–H groups in total. The topological polar surface area (TPSA) is 69.6 Å². The molecule has 2 aromatic heterocycles. The van der Waals surface area contributed by atoms with Crippen molar-refractivity contribution in [2.75, 3.05) is 38.0 Å². The summed E-state index contributed by atoms with van der Waals surface area (Å²) in [5, 5.41) is 8.61. The Morgan fingerprint density at radius 1 is 1.00 bits per heavy atom. The minimum atomic E-state index is -1.00. The number of halogens is 2. The second-order valence-electron chi connectivity index (χ2n) is 6.44. The smallest absolute Gasteiger partial charge is 0.354 e. The summed E-state index contributed by atoms with van der Waals surface area (Å²) in [6.07, 6.45) is 3.12. The average molecular weight is 592 g/mol. The van der Waals surface area contributed by atoms with Crippen LogP contribution in [0.5, 0.6) is 0 Å². The van der Waals surface area contributed by atoms with Crippen LogP contribution in [0.3, 0.4) is 0 Å². The summed E-state index contributed by atoms with van der Waals surface area (Å²) < 4.78 is 26.2. The molecule has 9 heteroatoms. The van der Waals surface area contributed by atoms with Gasteiger partial charge in [0.2, 0.25) is 0 Å². The zero-order valence-electron chi connectivity index (χ0n) is 16.9. The van der Waals surface area contributed by atoms with Gasteiger partial charge in [0.05, 0.1) is 5.69 Å². The van der Waals surface area contributed by atoms with E-state index in [1.165, 1.54) is 12.3 Å². The maximum Gasteiger partial charge on any atom is 0.354 e. The molecule has 1 aromatic carbocycles. The Hall–Kier alpha value is -2.90. The fourth-order valence-electron chi connectivity index (χ4n) is 2.25. The summed E-state index contributed by atoms with van der Waals surface area (Å²) in [5.41, 5.74) is 2.43. The van der Waals surface area contributed by atoms with Gasteiger partial charge >= 0.3 is 5.97 Å². The molecule has 161 valence electrons. The number of benzene rings is 1. The largest absolute Gasteiger partial charge is 0.477 e. The Bertz CT molecular complexity index is 983. The van der Waals surface area contributed by atoms with E-state index in [4.69, 9.17) is 5.11 Å². The van der Waals surface area contributed by atoms with Crippen molar-refractivity contribution in [3.05, 3.63) is 72.2 Å². The third-order valence-electron chi connectivity index (χ3n) is 3.86. The van der Waals surface area contributed by atoms with Gasteiger partial charge in [-0.05, 0) is 23.9 Å². The standard InChI is InChI=1S/C13H11F2N2.C8H10N2O2.Ir/c1-17(2)10-4-6-13(16-8-10)11-5-3-9(14)7-12(11)15;1-10(2)6-3-4-9-7(5-6)8(11)12;/h3-4,6-8H,1-2H3;3-5H,1-2H3,(H,11,12);/q-1;;. The van der Waals surface area contributed by atoms with E-state index in [9.17, 15) is 13.6 Å². The molecule has 6 nitrogen and oxygen atoms in total. The molecule has 30 heavy (non-hydrogen) atoms. The van der Waals surface area contributed by atoms with Crippen LogP contribution in [0.1, 0.15) is 10.5 Å². The number of carboxylic acids is 1. The van der Waals surface area contributed by atoms with Crippen LogP contribution in [0.15, 0.2) is 48.8 Å². The fraction of sp³-hybridized carbons (Fsp3) is 0.190. The van der Waals surface area contributed by atoms with Crippen LogP contribution in [-0.2, 0) is 20.1 Å². The molecule has 3 aromatic rings. The summed E-state index contributed by atoms with van der Waals surface area (Å²) >= 11 is 0. The van der Waals surface area contributed by atoms with Crippen molar-refractivity contribution in [1.29, 1.82) is 0 Å². The second kappa shape index (κ2) is 11.3. The van der Waals surface area contributed by atoms with Crippen molar-refractivity contribution in [3.63, 3.8) is 0 Å². The van der Waals surface area contributed by atoms with Crippen molar-refractivity contribution in [2.45, 2.75) is 0 Å². The normalized spacial score (nSPS) is 9.67. The number of nitrogens with zero attached hydrogens (tertiary/aromatic N) is 4. The predicted molar refractivity (Wildman–Crippen MR) is 108 cm³/mol. The molecule has 0 bridgehead atoms. The van der Waals surface area contributed by atoms with Crippen LogP contribution in [0.4, 0.5) is 20.2 Å². The van der Waals surface area contributed by atoms with Gasteiger partial charge in [0.25, 0.3) is 0 Å². The third-order valence-corrected chi connectivity index (χ3v) is 3.86. The Morgan fingerprint density at radius 3 is 2.17 bits per heavy atom. The fourth-order valence-corrected chi connectivity index (χ4v) is 2.25. The van der Waals surface area contributed by atoms with Crippen molar-refractivity contribution in [2.24, 2.45) is 0 Å². The maximum atomic E-state index is 13.5. The number of anilines is 2. The van der Waals surface area contributed by atoms with Gasteiger partial charge < -0.3 is 19.9 Å². The molecule has 0 amide bonds. The van der Waals surface area contributed by atoms with Gasteiger partial charge in [-0.2, -0.15) is 0 Å². The Labute approximate surface area is 187 Å². The number of pyridine rings is 2. The average Bonchev–Trinajstić information content (AvgIpc) is 2.68. The first-order valence-electron chi connectivity index (χ1n) is 8.56. The molecule has 1 radical (unpaired) electrons. The summed E-state index contributed by atoms with van der Waals surface area (Å²) in [6.45, 7) is 0. The van der Waals surface area contributed by atoms with E-state index < -0.39 is 17.6 Å². The molecule has 0 fully saturated rings. The Kier molecular flexibility index (Phi) is 9.49. The minimum absolute atomic E-state index is 0. The molecular formula is C21H21F2IrN4O2-. The van der Waals surface area contributed by atoms with E-state index in [2.05, 4.69) is 16.0 Å². The predicted octanol–water partition coefficient (Wildman–Crippen LogP) is 3.74. The van der Waals surface area contributed by atoms with Gasteiger partial charge in [-0.1, -0.05) is 17.7 Å². The molecule has 2 heterocycles. The first-order chi connectivity index (χ1) is 13.7. The van der Waals surface area contributed by atoms with E-state index in [0.717, 1.165) is 23.5 Å². The van der Waals surface area contributed by atoms with E-state index >= 15 is 0 Å². The molecule has 0 unspecified atom stereocenters. The molecule has 0 atom stereocenters. The molecule has 0 aliphatic rings. The van der Waals surface area contributed by atoms with E-state index in [-0.39, 0.29) is 31.4 Å². The monoisotopic (exact) mass is 592 g/mol. The number of carbonyl (C=O) groups is 1. The van der Waals surface area contributed by atoms with Crippen LogP contribution in [0.2, 0.25) is 0 Å². The van der Waals surface area contributed by atoms with Crippen LogP contribution in [0, 0.1) is 17.7 Å². The van der Waals surface area contributed by atoms with Gasteiger partial charge in [-0.3, -0.25) is 8.78 Å². The quantitative estimate of drug-likeness (QED) is 0.467. The second-order valence-corrected chi connectivity index (χ2v) is 6.44. The number of rotatable bonds is 4. The zero-order chi connectivity index (χ0) is 21.6. The third kappa shape index (κ3) is 6.86. The number of aromatic carboxylic acids is 1. The van der Waals surface area contributed by atoms with Gasteiger partial charge in [0.15, 0.2) is 0 Å². The number of carboxylic acid groups (broad SMARTS) is 1. The van der Waals surface area contributed by atoms with Crippen LogP contribution in [0.25, 0.3) is 11.3 Å². The summed E-state index contributed by atoms with van der Waals surface area (Å²) in [7, 11) is 7.48. The van der Waals surface area contributed by atoms with Gasteiger partial charge in [-0.15, -0.1) is 12.1 Å². The van der Waals surface area contributed by atoms with E-state index in [0.29, 0.717) is 5.69 Å². The molecule has 0 aliphatic carbocycles. The number of hydrogen-bond acceptors (Lipinski definition) is 5. The molecule has 0 saturated heterocycles. The first kappa shape index (κ1) is 25.1. The number of hydrogen-bond donors (Lipinski definition) is 1. The Morgan fingerprint density at radius 2 is 1.67 bits per heavy atom.